The third kappa shape index (κ3) is 6.47. The first-order chi connectivity index (χ1) is 19.9. The van der Waals surface area contributed by atoms with Gasteiger partial charge in [-0.15, -0.1) is 0 Å². The second-order valence-corrected chi connectivity index (χ2v) is 8.47. The molecule has 0 fully saturated rings. The van der Waals surface area contributed by atoms with Crippen LogP contribution in [0.1, 0.15) is 0 Å². The topological polar surface area (TPSA) is 76.7 Å². The number of alkyl halides is 16. The van der Waals surface area contributed by atoms with E-state index in [0.717, 1.165) is 36.4 Å². The van der Waals surface area contributed by atoms with E-state index in [1.165, 1.54) is 10.6 Å². The number of carbonyl (C=O) groups excluding carboxylic acids is 2. The standard InChI is InChI=1S/C22H14F16N2O4/c23-7-17(27,28)21(35,36)19(31,32)13(25)43-15(41)39-11-5-1-3-9-10(11)4-2-6-12(9)40-16(42)44-14(26)20(33,34)22(37,38)18(29,30)8-24/h1-6,13-14H,7-8H2,(H,39,41)(H,40,42). The molecule has 0 heterocycles. The third-order valence-corrected chi connectivity index (χ3v) is 5.48. The third-order valence-electron chi connectivity index (χ3n) is 5.48. The van der Waals surface area contributed by atoms with Gasteiger partial charge < -0.3 is 9.47 Å². The quantitative estimate of drug-likeness (QED) is 0.222. The number of benzene rings is 2. The maximum atomic E-state index is 13.7. The molecule has 0 saturated carbocycles. The number of hydrogen-bond donors (Lipinski definition) is 2. The number of amides is 2. The zero-order valence-corrected chi connectivity index (χ0v) is 20.7. The molecule has 0 aliphatic heterocycles. The summed E-state index contributed by atoms with van der Waals surface area (Å²) in [5.41, 5.74) is -1.22. The van der Waals surface area contributed by atoms with Gasteiger partial charge in [0, 0.05) is 10.8 Å². The van der Waals surface area contributed by atoms with Crippen molar-refractivity contribution in [2.24, 2.45) is 0 Å². The normalized spacial score (nSPS) is 15.0. The second-order valence-electron chi connectivity index (χ2n) is 8.47. The van der Waals surface area contributed by atoms with Gasteiger partial charge in [-0.1, -0.05) is 24.3 Å². The highest BCUT2D eigenvalue weighted by atomic mass is 19.4. The van der Waals surface area contributed by atoms with Crippen molar-refractivity contribution in [3.8, 4) is 0 Å². The molecule has 2 aromatic rings. The lowest BCUT2D eigenvalue weighted by Crippen LogP contribution is -2.60. The van der Waals surface area contributed by atoms with E-state index < -0.39 is 85.2 Å². The maximum Gasteiger partial charge on any atom is 0.414 e. The minimum atomic E-state index is -6.68. The lowest BCUT2D eigenvalue weighted by Gasteiger charge is -2.32. The molecule has 6 nitrogen and oxygen atoms in total. The van der Waals surface area contributed by atoms with E-state index in [1.807, 2.05) is 0 Å². The van der Waals surface area contributed by atoms with Gasteiger partial charge in [-0.3, -0.25) is 10.6 Å². The molecule has 2 N–H and O–H groups in total. The van der Waals surface area contributed by atoms with Gasteiger partial charge in [0.15, 0.2) is 13.3 Å². The summed E-state index contributed by atoms with van der Waals surface area (Å²) >= 11 is 0. The van der Waals surface area contributed by atoms with E-state index in [-0.39, 0.29) is 10.8 Å². The molecular formula is C22H14F16N2O4. The van der Waals surface area contributed by atoms with Gasteiger partial charge in [-0.25, -0.2) is 18.4 Å². The van der Waals surface area contributed by atoms with E-state index in [2.05, 4.69) is 9.47 Å². The Morgan fingerprint density at radius 1 is 0.591 bits per heavy atom. The van der Waals surface area contributed by atoms with Gasteiger partial charge in [0.2, 0.25) is 0 Å². The summed E-state index contributed by atoms with van der Waals surface area (Å²) in [5.74, 6) is -38.5. The van der Waals surface area contributed by atoms with Crippen molar-refractivity contribution in [2.45, 2.75) is 48.3 Å². The number of nitrogens with one attached hydrogen (secondary N) is 2. The first kappa shape index (κ1) is 36.3. The molecule has 22 heteroatoms. The first-order valence-corrected chi connectivity index (χ1v) is 11.0. The average Bonchev–Trinajstić information content (AvgIpc) is 2.92. The predicted molar refractivity (Wildman–Crippen MR) is 116 cm³/mol. The molecule has 0 aromatic heterocycles. The van der Waals surface area contributed by atoms with E-state index in [0.29, 0.717) is 0 Å². The molecule has 0 bridgehead atoms. The van der Waals surface area contributed by atoms with Crippen LogP contribution in [0.3, 0.4) is 0 Å². The molecule has 0 aliphatic carbocycles. The van der Waals surface area contributed by atoms with Crippen molar-refractivity contribution in [1.29, 1.82) is 0 Å². The number of carbonyl (C=O) groups is 2. The molecule has 0 radical (unpaired) electrons. The zero-order valence-electron chi connectivity index (χ0n) is 20.7. The van der Waals surface area contributed by atoms with Crippen LogP contribution in [0.5, 0.6) is 0 Å². The number of ether oxygens (including phenoxy) is 2. The molecule has 2 amide bonds. The summed E-state index contributed by atoms with van der Waals surface area (Å²) in [6, 6.07) is 5.63. The van der Waals surface area contributed by atoms with E-state index in [1.54, 1.807) is 0 Å². The van der Waals surface area contributed by atoms with Crippen molar-refractivity contribution in [1.82, 2.24) is 0 Å². The van der Waals surface area contributed by atoms with Crippen LogP contribution >= 0.6 is 0 Å². The second kappa shape index (κ2) is 12.3. The SMILES string of the molecule is O=C(Nc1cccc2c(NC(=O)OC(F)C(F)(F)C(F)(F)C(F)(F)CF)cccc12)OC(F)C(F)(F)C(F)(F)C(F)(F)CF. The Kier molecular flexibility index (Phi) is 10.1. The van der Waals surface area contributed by atoms with Crippen molar-refractivity contribution in [3.63, 3.8) is 0 Å². The number of halogens is 16. The van der Waals surface area contributed by atoms with E-state index in [9.17, 15) is 79.8 Å². The van der Waals surface area contributed by atoms with Crippen LogP contribution in [0, 0.1) is 0 Å². The Hall–Kier alpha value is -3.88. The molecule has 0 aliphatic rings. The highest BCUT2D eigenvalue weighted by molar-refractivity contribution is 6.07. The van der Waals surface area contributed by atoms with Crippen LogP contribution in [-0.2, 0) is 9.47 Å². The van der Waals surface area contributed by atoms with Crippen molar-refractivity contribution in [2.75, 3.05) is 24.0 Å². The Labute approximate surface area is 233 Å². The first-order valence-electron chi connectivity index (χ1n) is 11.0. The molecule has 248 valence electrons. The smallest absolute Gasteiger partial charge is 0.408 e. The fourth-order valence-corrected chi connectivity index (χ4v) is 3.08. The Bertz CT molecular complexity index is 1260. The van der Waals surface area contributed by atoms with Crippen molar-refractivity contribution in [3.05, 3.63) is 36.4 Å². The largest absolute Gasteiger partial charge is 0.414 e. The molecular weight excluding hydrogens is 660 g/mol. The fraction of sp³-hybridized carbons (Fsp3) is 0.455. The monoisotopic (exact) mass is 674 g/mol. The van der Waals surface area contributed by atoms with E-state index >= 15 is 0 Å². The highest BCUT2D eigenvalue weighted by Crippen LogP contribution is 2.50. The summed E-state index contributed by atoms with van der Waals surface area (Å²) in [6.45, 7) is -6.69. The molecule has 2 aromatic carbocycles. The molecule has 44 heavy (non-hydrogen) atoms. The summed E-state index contributed by atoms with van der Waals surface area (Å²) in [6.07, 6.45) is -14.2. The molecule has 2 rings (SSSR count). The minimum Gasteiger partial charge on any atom is -0.408 e. The Morgan fingerprint density at radius 3 is 1.16 bits per heavy atom. The minimum absolute atomic E-state index is 0.338. The van der Waals surface area contributed by atoms with Crippen molar-refractivity contribution < 1.29 is 89.3 Å². The van der Waals surface area contributed by atoms with Crippen molar-refractivity contribution >= 4 is 34.3 Å². The van der Waals surface area contributed by atoms with Crippen LogP contribution < -0.4 is 10.6 Å². The van der Waals surface area contributed by atoms with Crippen LogP contribution in [0.2, 0.25) is 0 Å². The highest BCUT2D eigenvalue weighted by Gasteiger charge is 2.77. The summed E-state index contributed by atoms with van der Waals surface area (Å²) in [5, 5.41) is 2.39. The number of anilines is 2. The van der Waals surface area contributed by atoms with E-state index in [4.69, 9.17) is 0 Å². The maximum absolute atomic E-state index is 13.7. The molecule has 2 atom stereocenters. The molecule has 0 spiro atoms. The molecule has 0 saturated heterocycles. The van der Waals surface area contributed by atoms with Crippen LogP contribution in [-0.4, -0.2) is 73.8 Å². The van der Waals surface area contributed by atoms with Gasteiger partial charge in [-0.2, -0.15) is 61.5 Å². The van der Waals surface area contributed by atoms with Gasteiger partial charge in [0.1, 0.15) is 0 Å². The lowest BCUT2D eigenvalue weighted by molar-refractivity contribution is -0.348. The summed E-state index contributed by atoms with van der Waals surface area (Å²) in [4.78, 5) is 23.7. The number of hydrogen-bond acceptors (Lipinski definition) is 4. The van der Waals surface area contributed by atoms with Gasteiger partial charge in [0.25, 0.3) is 0 Å². The van der Waals surface area contributed by atoms with Gasteiger partial charge >= 0.3 is 60.4 Å². The Morgan fingerprint density at radius 2 is 0.886 bits per heavy atom. The lowest BCUT2D eigenvalue weighted by atomic mass is 10.1. The Balaban J connectivity index is 2.24. The van der Waals surface area contributed by atoms with Crippen LogP contribution in [0.4, 0.5) is 91.2 Å². The summed E-state index contributed by atoms with van der Waals surface area (Å²) < 4.78 is 218. The fourth-order valence-electron chi connectivity index (χ4n) is 3.08. The zero-order chi connectivity index (χ0) is 34.1. The number of rotatable bonds is 12. The number of fused-ring (bicyclic) bond motifs is 1. The van der Waals surface area contributed by atoms with Gasteiger partial charge in [0.05, 0.1) is 11.4 Å². The predicted octanol–water partition coefficient (Wildman–Crippen LogP) is 8.28. The average molecular weight is 674 g/mol. The molecule has 2 unspecified atom stereocenters. The van der Waals surface area contributed by atoms with Crippen LogP contribution in [0.25, 0.3) is 10.8 Å². The van der Waals surface area contributed by atoms with Crippen LogP contribution in [0.15, 0.2) is 36.4 Å². The summed E-state index contributed by atoms with van der Waals surface area (Å²) in [7, 11) is 0. The van der Waals surface area contributed by atoms with Gasteiger partial charge in [-0.05, 0) is 12.1 Å².